The number of nitro benzene ring substituents is 1. The van der Waals surface area contributed by atoms with Crippen LogP contribution in [0.2, 0.25) is 5.02 Å². The lowest BCUT2D eigenvalue weighted by molar-refractivity contribution is -0.384. The van der Waals surface area contributed by atoms with Crippen molar-refractivity contribution < 1.29 is 23.3 Å². The second-order valence-electron chi connectivity index (χ2n) is 5.68. The van der Waals surface area contributed by atoms with Crippen molar-refractivity contribution in [3.63, 3.8) is 0 Å². The smallest absolute Gasteiger partial charge is 0.329 e. The van der Waals surface area contributed by atoms with Gasteiger partial charge in [0.15, 0.2) is 0 Å². The quantitative estimate of drug-likeness (QED) is 0.164. The number of hydrogen-bond acceptors (Lipinski definition) is 8. The van der Waals surface area contributed by atoms with E-state index >= 15 is 0 Å². The molecule has 11 heteroatoms. The number of anilines is 1. The molecule has 0 saturated carbocycles. The van der Waals surface area contributed by atoms with Gasteiger partial charge in [0.25, 0.3) is 5.69 Å². The Morgan fingerprint density at radius 3 is 2.57 bits per heavy atom. The van der Waals surface area contributed by atoms with Crippen LogP contribution in [0.5, 0.6) is 11.5 Å². The maximum atomic E-state index is 11.9. The van der Waals surface area contributed by atoms with Crippen molar-refractivity contribution in [2.24, 2.45) is 0 Å². The topological polar surface area (TPSA) is 99.9 Å². The molecule has 8 nitrogen and oxygen atoms in total. The third-order valence-electron chi connectivity index (χ3n) is 3.57. The Bertz CT molecular complexity index is 913. The minimum atomic E-state index is -3.27. The van der Waals surface area contributed by atoms with Crippen molar-refractivity contribution in [3.05, 3.63) is 51.5 Å². The molecule has 0 spiro atoms. The first-order chi connectivity index (χ1) is 13.1. The number of benzene rings is 2. The standard InChI is InChI=1S/C17H20ClN2O6PS/c1-11(26-27(3,23)24-2)19-15-9-12(5-7-16(15)20(21)22)25-17-8-6-13(28-4)10-14(17)18/h5-11,19H,1-4H3. The molecule has 0 amide bonds. The molecule has 0 heterocycles. The Balaban J connectivity index is 2.27. The number of nitro groups is 1. The Kier molecular flexibility index (Phi) is 7.74. The van der Waals surface area contributed by atoms with Crippen LogP contribution >= 0.6 is 31.0 Å². The van der Waals surface area contributed by atoms with Crippen molar-refractivity contribution in [1.82, 2.24) is 0 Å². The number of hydrogen-bond donors (Lipinski definition) is 1. The highest BCUT2D eigenvalue weighted by molar-refractivity contribution is 7.98. The van der Waals surface area contributed by atoms with Gasteiger partial charge < -0.3 is 14.6 Å². The summed E-state index contributed by atoms with van der Waals surface area (Å²) in [6, 6.07) is 9.57. The Hall–Kier alpha value is -1.77. The Labute approximate surface area is 172 Å². The third kappa shape index (κ3) is 6.12. The van der Waals surface area contributed by atoms with Gasteiger partial charge >= 0.3 is 7.60 Å². The summed E-state index contributed by atoms with van der Waals surface area (Å²) in [7, 11) is -2.01. The van der Waals surface area contributed by atoms with Crippen LogP contribution in [-0.2, 0) is 13.6 Å². The number of rotatable bonds is 9. The van der Waals surface area contributed by atoms with E-state index < -0.39 is 18.7 Å². The molecule has 0 aliphatic heterocycles. The first kappa shape index (κ1) is 22.5. The summed E-state index contributed by atoms with van der Waals surface area (Å²) in [5.41, 5.74) is -0.0436. The summed E-state index contributed by atoms with van der Waals surface area (Å²) in [5, 5.41) is 14.5. The maximum Gasteiger partial charge on any atom is 0.329 e. The fourth-order valence-electron chi connectivity index (χ4n) is 2.25. The lowest BCUT2D eigenvalue weighted by Crippen LogP contribution is -2.18. The van der Waals surface area contributed by atoms with E-state index in [2.05, 4.69) is 5.32 Å². The summed E-state index contributed by atoms with van der Waals surface area (Å²) < 4.78 is 27.7. The molecule has 0 saturated heterocycles. The van der Waals surface area contributed by atoms with Crippen molar-refractivity contribution in [3.8, 4) is 11.5 Å². The molecular formula is C17H20ClN2O6PS. The zero-order chi connectivity index (χ0) is 20.9. The highest BCUT2D eigenvalue weighted by atomic mass is 35.5. The molecule has 0 aromatic heterocycles. The van der Waals surface area contributed by atoms with Crippen molar-refractivity contribution >= 4 is 42.3 Å². The second-order valence-corrected chi connectivity index (χ2v) is 9.09. The summed E-state index contributed by atoms with van der Waals surface area (Å²) in [4.78, 5) is 11.8. The zero-order valence-corrected chi connectivity index (χ0v) is 18.1. The van der Waals surface area contributed by atoms with Crippen LogP contribution in [0.1, 0.15) is 6.92 Å². The molecule has 0 aliphatic rings. The molecule has 28 heavy (non-hydrogen) atoms. The summed E-state index contributed by atoms with van der Waals surface area (Å²) >= 11 is 7.77. The van der Waals surface area contributed by atoms with E-state index in [9.17, 15) is 14.7 Å². The SMILES string of the molecule is COP(C)(=O)OC(C)Nc1cc(Oc2ccc(SC)cc2Cl)ccc1[N+](=O)[O-]. The van der Waals surface area contributed by atoms with Crippen LogP contribution in [0, 0.1) is 10.1 Å². The van der Waals surface area contributed by atoms with Gasteiger partial charge in [0.2, 0.25) is 0 Å². The molecule has 0 radical (unpaired) electrons. The van der Waals surface area contributed by atoms with E-state index in [0.29, 0.717) is 16.5 Å². The molecule has 2 aromatic carbocycles. The highest BCUT2D eigenvalue weighted by Crippen LogP contribution is 2.44. The molecule has 2 rings (SSSR count). The summed E-state index contributed by atoms with van der Waals surface area (Å²) in [6.07, 6.45) is 1.12. The minimum absolute atomic E-state index is 0.142. The van der Waals surface area contributed by atoms with E-state index in [-0.39, 0.29) is 11.4 Å². The summed E-state index contributed by atoms with van der Waals surface area (Å²) in [5.74, 6) is 0.756. The molecule has 0 fully saturated rings. The van der Waals surface area contributed by atoms with Gasteiger partial charge in [-0.25, -0.2) is 0 Å². The van der Waals surface area contributed by atoms with Crippen LogP contribution in [0.3, 0.4) is 0 Å². The van der Waals surface area contributed by atoms with E-state index in [1.54, 1.807) is 30.8 Å². The first-order valence-electron chi connectivity index (χ1n) is 8.03. The van der Waals surface area contributed by atoms with Crippen molar-refractivity contribution in [2.45, 2.75) is 18.0 Å². The second kappa shape index (κ2) is 9.62. The molecule has 1 N–H and O–H groups in total. The van der Waals surface area contributed by atoms with Gasteiger partial charge in [0.05, 0.1) is 9.95 Å². The molecule has 152 valence electrons. The largest absolute Gasteiger partial charge is 0.456 e. The average Bonchev–Trinajstić information content (AvgIpc) is 2.62. The lowest BCUT2D eigenvalue weighted by Gasteiger charge is -2.20. The molecule has 0 bridgehead atoms. The number of nitrogens with one attached hydrogen (secondary N) is 1. The summed E-state index contributed by atoms with van der Waals surface area (Å²) in [6.45, 7) is 2.86. The lowest BCUT2D eigenvalue weighted by atomic mass is 10.2. The molecule has 2 aromatic rings. The monoisotopic (exact) mass is 446 g/mol. The van der Waals surface area contributed by atoms with E-state index in [4.69, 9.17) is 25.4 Å². The van der Waals surface area contributed by atoms with Gasteiger partial charge in [-0.05, 0) is 37.4 Å². The van der Waals surface area contributed by atoms with E-state index in [0.717, 1.165) is 4.90 Å². The van der Waals surface area contributed by atoms with Crippen LogP contribution < -0.4 is 10.1 Å². The zero-order valence-electron chi connectivity index (χ0n) is 15.7. The fourth-order valence-corrected chi connectivity index (χ4v) is 3.68. The molecule has 2 atom stereocenters. The number of nitrogens with zero attached hydrogens (tertiary/aromatic N) is 1. The predicted octanol–water partition coefficient (Wildman–Crippen LogP) is 6.01. The van der Waals surface area contributed by atoms with Gasteiger partial charge in [-0.15, -0.1) is 11.8 Å². The normalized spacial score (nSPS) is 14.2. The molecule has 0 aliphatic carbocycles. The minimum Gasteiger partial charge on any atom is -0.456 e. The number of ether oxygens (including phenoxy) is 1. The molecule has 2 unspecified atom stereocenters. The van der Waals surface area contributed by atoms with Crippen molar-refractivity contribution in [2.75, 3.05) is 25.3 Å². The molecular weight excluding hydrogens is 427 g/mol. The van der Waals surface area contributed by atoms with Crippen molar-refractivity contribution in [1.29, 1.82) is 0 Å². The van der Waals surface area contributed by atoms with Gasteiger partial charge in [-0.1, -0.05) is 11.6 Å². The predicted molar refractivity (Wildman–Crippen MR) is 111 cm³/mol. The van der Waals surface area contributed by atoms with Crippen LogP contribution in [-0.4, -0.2) is 31.2 Å². The Morgan fingerprint density at radius 2 is 2.00 bits per heavy atom. The van der Waals surface area contributed by atoms with Crippen LogP contribution in [0.4, 0.5) is 11.4 Å². The van der Waals surface area contributed by atoms with Gasteiger partial charge in [0.1, 0.15) is 23.4 Å². The van der Waals surface area contributed by atoms with Crippen LogP contribution in [0.15, 0.2) is 41.3 Å². The van der Waals surface area contributed by atoms with Gasteiger partial charge in [0, 0.05) is 30.8 Å². The van der Waals surface area contributed by atoms with Gasteiger partial charge in [-0.2, -0.15) is 0 Å². The Morgan fingerprint density at radius 1 is 1.29 bits per heavy atom. The van der Waals surface area contributed by atoms with E-state index in [1.807, 2.05) is 12.3 Å². The number of halogens is 1. The number of thioether (sulfide) groups is 1. The first-order valence-corrected chi connectivity index (χ1v) is 11.6. The average molecular weight is 447 g/mol. The third-order valence-corrected chi connectivity index (χ3v) is 5.95. The van der Waals surface area contributed by atoms with E-state index in [1.165, 1.54) is 32.0 Å². The van der Waals surface area contributed by atoms with Crippen LogP contribution in [0.25, 0.3) is 0 Å². The fraction of sp³-hybridized carbons (Fsp3) is 0.294. The highest BCUT2D eigenvalue weighted by Gasteiger charge is 2.22. The van der Waals surface area contributed by atoms with Gasteiger partial charge in [-0.3, -0.25) is 19.2 Å². The maximum absolute atomic E-state index is 11.9.